The van der Waals surface area contributed by atoms with Gasteiger partial charge in [-0.3, -0.25) is 9.59 Å². The van der Waals surface area contributed by atoms with E-state index in [1.165, 1.54) is 12.8 Å². The zero-order valence-electron chi connectivity index (χ0n) is 14.6. The third kappa shape index (κ3) is 5.87. The molecule has 24 heavy (non-hydrogen) atoms. The lowest BCUT2D eigenvalue weighted by molar-refractivity contribution is -0.119. The standard InChI is InChI=1S/C19H29N3O2/c1-2-3-11-20-18(23)15-21-17-10-8-9-16(14-17)19(24)22-12-6-4-5-7-13-22/h8-10,14,21H,2-7,11-13,15H2,1H3,(H,20,23). The Labute approximate surface area is 144 Å². The normalized spacial score (nSPS) is 14.8. The number of unbranched alkanes of at least 4 members (excludes halogenated alkanes) is 1. The van der Waals surface area contributed by atoms with Gasteiger partial charge in [-0.05, 0) is 37.5 Å². The molecule has 1 heterocycles. The first-order valence-corrected chi connectivity index (χ1v) is 9.10. The fourth-order valence-electron chi connectivity index (χ4n) is 2.87. The Balaban J connectivity index is 1.88. The van der Waals surface area contributed by atoms with Crippen LogP contribution in [-0.2, 0) is 4.79 Å². The molecule has 0 bridgehead atoms. The average Bonchev–Trinajstić information content (AvgIpc) is 2.89. The molecule has 0 atom stereocenters. The van der Waals surface area contributed by atoms with Gasteiger partial charge < -0.3 is 15.5 Å². The van der Waals surface area contributed by atoms with Gasteiger partial charge in [0.15, 0.2) is 0 Å². The van der Waals surface area contributed by atoms with E-state index in [1.807, 2.05) is 29.2 Å². The van der Waals surface area contributed by atoms with Crippen LogP contribution in [0.1, 0.15) is 55.8 Å². The first-order valence-electron chi connectivity index (χ1n) is 9.10. The highest BCUT2D eigenvalue weighted by molar-refractivity contribution is 5.95. The molecule has 0 radical (unpaired) electrons. The minimum Gasteiger partial charge on any atom is -0.376 e. The zero-order valence-corrected chi connectivity index (χ0v) is 14.6. The Morgan fingerprint density at radius 1 is 1.12 bits per heavy atom. The van der Waals surface area contributed by atoms with Crippen molar-refractivity contribution in [1.29, 1.82) is 0 Å². The van der Waals surface area contributed by atoms with E-state index in [9.17, 15) is 9.59 Å². The van der Waals surface area contributed by atoms with Crippen molar-refractivity contribution in [3.8, 4) is 0 Å². The molecule has 1 fully saturated rings. The Bertz CT molecular complexity index is 537. The fraction of sp³-hybridized carbons (Fsp3) is 0.579. The van der Waals surface area contributed by atoms with E-state index >= 15 is 0 Å². The highest BCUT2D eigenvalue weighted by Gasteiger charge is 2.17. The maximum atomic E-state index is 12.6. The van der Waals surface area contributed by atoms with Crippen LogP contribution in [0.4, 0.5) is 5.69 Å². The van der Waals surface area contributed by atoms with Crippen molar-refractivity contribution in [2.24, 2.45) is 0 Å². The largest absolute Gasteiger partial charge is 0.376 e. The summed E-state index contributed by atoms with van der Waals surface area (Å²) < 4.78 is 0. The fourth-order valence-corrected chi connectivity index (χ4v) is 2.87. The van der Waals surface area contributed by atoms with Crippen LogP contribution in [0.3, 0.4) is 0 Å². The number of rotatable bonds is 7. The van der Waals surface area contributed by atoms with Crippen LogP contribution in [0, 0.1) is 0 Å². The van der Waals surface area contributed by atoms with E-state index in [0.717, 1.165) is 44.5 Å². The second-order valence-electron chi connectivity index (χ2n) is 6.34. The number of hydrogen-bond donors (Lipinski definition) is 2. The Kier molecular flexibility index (Phi) is 7.59. The van der Waals surface area contributed by atoms with Crippen molar-refractivity contribution >= 4 is 17.5 Å². The topological polar surface area (TPSA) is 61.4 Å². The van der Waals surface area contributed by atoms with Crippen molar-refractivity contribution in [3.63, 3.8) is 0 Å². The number of anilines is 1. The van der Waals surface area contributed by atoms with Gasteiger partial charge in [0.1, 0.15) is 0 Å². The molecule has 1 aliphatic heterocycles. The van der Waals surface area contributed by atoms with Crippen LogP contribution in [0.2, 0.25) is 0 Å². The molecule has 2 N–H and O–H groups in total. The highest BCUT2D eigenvalue weighted by Crippen LogP contribution is 2.16. The quantitative estimate of drug-likeness (QED) is 0.755. The molecule has 5 nitrogen and oxygen atoms in total. The Hall–Kier alpha value is -2.04. The van der Waals surface area contributed by atoms with Crippen molar-refractivity contribution in [2.45, 2.75) is 45.4 Å². The maximum Gasteiger partial charge on any atom is 0.253 e. The predicted octanol–water partition coefficient (Wildman–Crippen LogP) is 3.03. The predicted molar refractivity (Wildman–Crippen MR) is 97.2 cm³/mol. The second-order valence-corrected chi connectivity index (χ2v) is 6.34. The van der Waals surface area contributed by atoms with Gasteiger partial charge in [-0.2, -0.15) is 0 Å². The first kappa shape index (κ1) is 18.3. The molecule has 1 saturated heterocycles. The van der Waals surface area contributed by atoms with E-state index < -0.39 is 0 Å². The molecule has 132 valence electrons. The van der Waals surface area contributed by atoms with E-state index in [-0.39, 0.29) is 18.4 Å². The molecular weight excluding hydrogens is 302 g/mol. The summed E-state index contributed by atoms with van der Waals surface area (Å²) in [6.45, 7) is 4.72. The summed E-state index contributed by atoms with van der Waals surface area (Å²) in [6.07, 6.45) is 6.64. The zero-order chi connectivity index (χ0) is 17.2. The van der Waals surface area contributed by atoms with Gasteiger partial charge in [0.05, 0.1) is 6.54 Å². The number of amides is 2. The Morgan fingerprint density at radius 3 is 2.58 bits per heavy atom. The van der Waals surface area contributed by atoms with Crippen LogP contribution in [0.15, 0.2) is 24.3 Å². The van der Waals surface area contributed by atoms with Crippen LogP contribution < -0.4 is 10.6 Å². The minimum atomic E-state index is -0.0207. The summed E-state index contributed by atoms with van der Waals surface area (Å²) in [7, 11) is 0. The van der Waals surface area contributed by atoms with Crippen molar-refractivity contribution in [2.75, 3.05) is 31.5 Å². The summed E-state index contributed by atoms with van der Waals surface area (Å²) in [6, 6.07) is 7.44. The molecule has 2 amide bonds. The van der Waals surface area contributed by atoms with E-state index in [0.29, 0.717) is 12.1 Å². The van der Waals surface area contributed by atoms with Gasteiger partial charge in [-0.25, -0.2) is 0 Å². The van der Waals surface area contributed by atoms with Crippen LogP contribution in [0.25, 0.3) is 0 Å². The molecule has 0 saturated carbocycles. The van der Waals surface area contributed by atoms with Gasteiger partial charge in [0, 0.05) is 30.9 Å². The van der Waals surface area contributed by atoms with Gasteiger partial charge in [-0.15, -0.1) is 0 Å². The van der Waals surface area contributed by atoms with Gasteiger partial charge in [0.2, 0.25) is 5.91 Å². The molecular formula is C19H29N3O2. The van der Waals surface area contributed by atoms with Crippen LogP contribution in [0.5, 0.6) is 0 Å². The third-order valence-electron chi connectivity index (χ3n) is 4.31. The highest BCUT2D eigenvalue weighted by atomic mass is 16.2. The summed E-state index contributed by atoms with van der Waals surface area (Å²) in [5.41, 5.74) is 1.50. The molecule has 1 aromatic carbocycles. The molecule has 5 heteroatoms. The third-order valence-corrected chi connectivity index (χ3v) is 4.31. The minimum absolute atomic E-state index is 0.0207. The first-order chi connectivity index (χ1) is 11.7. The number of nitrogens with zero attached hydrogens (tertiary/aromatic N) is 1. The molecule has 0 unspecified atom stereocenters. The maximum absolute atomic E-state index is 12.6. The second kappa shape index (κ2) is 9.96. The SMILES string of the molecule is CCCCNC(=O)CNc1cccc(C(=O)N2CCCCCC2)c1. The average molecular weight is 331 g/mol. The molecule has 2 rings (SSSR count). The van der Waals surface area contributed by atoms with Crippen molar-refractivity contribution in [1.82, 2.24) is 10.2 Å². The number of carbonyl (C=O) groups excluding carboxylic acids is 2. The lowest BCUT2D eigenvalue weighted by Crippen LogP contribution is -2.32. The smallest absolute Gasteiger partial charge is 0.253 e. The van der Waals surface area contributed by atoms with Crippen molar-refractivity contribution < 1.29 is 9.59 Å². The van der Waals surface area contributed by atoms with Gasteiger partial charge in [0.25, 0.3) is 5.91 Å². The number of likely N-dealkylation sites (tertiary alicyclic amines) is 1. The summed E-state index contributed by atoms with van der Waals surface area (Å²) in [4.78, 5) is 26.3. The molecule has 0 aliphatic carbocycles. The Morgan fingerprint density at radius 2 is 1.88 bits per heavy atom. The summed E-state index contributed by atoms with van der Waals surface area (Å²) in [5.74, 6) is 0.0700. The summed E-state index contributed by atoms with van der Waals surface area (Å²) >= 11 is 0. The van der Waals surface area contributed by atoms with E-state index in [4.69, 9.17) is 0 Å². The van der Waals surface area contributed by atoms with Gasteiger partial charge in [-0.1, -0.05) is 32.3 Å². The van der Waals surface area contributed by atoms with Crippen molar-refractivity contribution in [3.05, 3.63) is 29.8 Å². The number of hydrogen-bond acceptors (Lipinski definition) is 3. The van der Waals surface area contributed by atoms with Crippen LogP contribution >= 0.6 is 0 Å². The lowest BCUT2D eigenvalue weighted by atomic mass is 10.1. The monoisotopic (exact) mass is 331 g/mol. The molecule has 1 aromatic rings. The molecule has 0 spiro atoms. The van der Waals surface area contributed by atoms with Gasteiger partial charge >= 0.3 is 0 Å². The van der Waals surface area contributed by atoms with E-state index in [2.05, 4.69) is 17.6 Å². The number of carbonyl (C=O) groups is 2. The molecule has 1 aliphatic rings. The van der Waals surface area contributed by atoms with E-state index in [1.54, 1.807) is 0 Å². The van der Waals surface area contributed by atoms with Crippen LogP contribution in [-0.4, -0.2) is 42.9 Å². The lowest BCUT2D eigenvalue weighted by Gasteiger charge is -2.20. The molecule has 0 aromatic heterocycles. The number of benzene rings is 1. The summed E-state index contributed by atoms with van der Waals surface area (Å²) in [5, 5.41) is 5.97. The number of nitrogens with one attached hydrogen (secondary N) is 2.